The second-order valence-electron chi connectivity index (χ2n) is 29.7. The first kappa shape index (κ1) is 97.6. The number of rotatable bonds is 52. The lowest BCUT2D eigenvalue weighted by Gasteiger charge is -2.33. The number of aromatic amines is 1. The highest BCUT2D eigenvalue weighted by Crippen LogP contribution is 2.30. The maximum absolute atomic E-state index is 14.8. The summed E-state index contributed by atoms with van der Waals surface area (Å²) < 4.78 is 0. The van der Waals surface area contributed by atoms with Crippen molar-refractivity contribution in [1.82, 2.24) is 61.9 Å². The Kier molecular flexibility index (Phi) is 41.7. The highest BCUT2D eigenvalue weighted by molar-refractivity contribution is 8.76. The average Bonchev–Trinajstić information content (AvgIpc) is 1.68. The number of ketones is 3. The monoisotopic (exact) mass is 1660 g/mol. The number of aliphatic carboxylic acids is 1. The number of guanidine groups is 3. The third-order valence-electron chi connectivity index (χ3n) is 19.9. The van der Waals surface area contributed by atoms with Crippen LogP contribution in [0.15, 0.2) is 27.5 Å². The Morgan fingerprint density at radius 2 is 1.09 bits per heavy atom. The standard InChI is InChI=1S/C71H119N23O19S2/c1-6-38(2)56(63(108)88-46(34-96)52(98)30-40(33-95)58(103)87-45(31-41-32-80-37-84-41)65(110)93-26-11-17-50(93)62(107)90-48(67(112)113)36-115-114-28-21-54(100)71(3,4)5)91-61(106)47(35-97)89-57(102)39(13-7-22-81-68(74)75)29-53(99)49-16-10-25-92(49)66(111)51-18-12-27-94(51)64(109)44(19-20-55(73)101)86-60(105)43(15-9-24-83-70(78)79)85-59(104)42(72)14-8-23-82-69(76)77/h32,37-40,42-51,56,95-97H,6-31,33-36,72H2,1-5H3,(H2,73,101)(H,80,84)(H,85,104)(H,86,105)(H,87,103)(H,88,108)(H,89,102)(H,90,107)(H,91,106)(H,112,113)(H4,74,75,81)(H4,76,77,82)(H4,78,79,83)/t38-,39+,40-,42-,43-,44-,45-,46-,47-,48-,49-,50?,51-,56?/m0/s1. The maximum Gasteiger partial charge on any atom is 0.327 e. The van der Waals surface area contributed by atoms with Crippen molar-refractivity contribution in [3.63, 3.8) is 0 Å². The molecule has 1 aromatic heterocycles. The Bertz CT molecular complexity index is 3580. The first-order chi connectivity index (χ1) is 54.4. The molecule has 3 aliphatic heterocycles. The number of likely N-dealkylation sites (tertiary alicyclic amines) is 3. The fourth-order valence-corrected chi connectivity index (χ4v) is 15.2. The van der Waals surface area contributed by atoms with Crippen LogP contribution in [0.25, 0.3) is 0 Å². The number of hydrogen-bond donors (Lipinski definition) is 20. The molecule has 0 radical (unpaired) electrons. The van der Waals surface area contributed by atoms with Crippen LogP contribution in [0.1, 0.15) is 156 Å². The third-order valence-corrected chi connectivity index (χ3v) is 22.3. The molecule has 14 atom stereocenters. The second kappa shape index (κ2) is 49.2. The van der Waals surface area contributed by atoms with Crippen molar-refractivity contribution in [1.29, 1.82) is 0 Å². The van der Waals surface area contributed by atoms with Gasteiger partial charge in [-0.2, -0.15) is 0 Å². The molecule has 0 aromatic carbocycles. The van der Waals surface area contributed by atoms with E-state index in [1.807, 2.05) is 0 Å². The number of nitrogens with two attached hydrogens (primary N) is 8. The van der Waals surface area contributed by atoms with Crippen molar-refractivity contribution in [3.05, 3.63) is 18.2 Å². The van der Waals surface area contributed by atoms with E-state index < -0.39 is 211 Å². The molecule has 115 heavy (non-hydrogen) atoms. The van der Waals surface area contributed by atoms with Crippen molar-refractivity contribution in [2.75, 3.05) is 70.6 Å². The summed E-state index contributed by atoms with van der Waals surface area (Å²) in [4.78, 5) is 230. The number of imidazole rings is 1. The second-order valence-corrected chi connectivity index (χ2v) is 32.3. The van der Waals surface area contributed by atoms with E-state index >= 15 is 0 Å². The Hall–Kier alpha value is -9.79. The molecule has 3 saturated heterocycles. The minimum atomic E-state index is -1.80. The molecule has 2 unspecified atom stereocenters. The summed E-state index contributed by atoms with van der Waals surface area (Å²) in [6, 6.07) is -15.3. The van der Waals surface area contributed by atoms with Crippen molar-refractivity contribution < 1.29 is 92.3 Å². The van der Waals surface area contributed by atoms with Gasteiger partial charge in [0, 0.05) is 106 Å². The fraction of sp³-hybridized carbons (Fsp3) is 0.704. The van der Waals surface area contributed by atoms with Gasteiger partial charge in [0.2, 0.25) is 65.0 Å². The number of carbonyl (C=O) groups excluding carboxylic acids is 14. The number of aromatic nitrogens is 2. The number of hydrogen-bond acceptors (Lipinski definition) is 25. The number of nitrogens with zero attached hydrogens (tertiary/aromatic N) is 7. The zero-order valence-electron chi connectivity index (χ0n) is 65.9. The molecule has 0 bridgehead atoms. The SMILES string of the molecule is CC[C@H](C)C(NC(=O)[C@H](CO)NC(=O)[C@H](CCCN=C(N)N)CC(=O)[C@@H]1CCCN1C(=O)[C@@H]1CCCN1C(=O)[C@H](CCC(N)=O)NC(=O)[C@H](CCCN=C(N)N)NC(=O)[C@@H](N)CCCN=C(N)N)C(=O)N[C@@H](CO)C(=O)C[C@@H](CO)C(=O)N[C@@H](Cc1cnc[nH]1)C(=O)N1CCCC1C(=O)N[C@@H](CSSCCC(=O)C(C)(C)C)C(=O)O. The summed E-state index contributed by atoms with van der Waals surface area (Å²) in [5, 5.41) is 59.5. The molecular formula is C71H119N23O19S2. The molecule has 4 heterocycles. The molecule has 644 valence electrons. The topological polar surface area (TPSA) is 705 Å². The van der Waals surface area contributed by atoms with Crippen LogP contribution >= 0.6 is 21.6 Å². The van der Waals surface area contributed by atoms with Crippen molar-refractivity contribution in [3.8, 4) is 0 Å². The first-order valence-electron chi connectivity index (χ1n) is 38.5. The molecule has 44 heteroatoms. The Labute approximate surface area is 674 Å². The Balaban J connectivity index is 1.48. The van der Waals surface area contributed by atoms with Crippen LogP contribution in [0.4, 0.5) is 0 Å². The van der Waals surface area contributed by atoms with Crippen molar-refractivity contribution >= 4 is 128 Å². The molecule has 0 spiro atoms. The smallest absolute Gasteiger partial charge is 0.327 e. The number of primary amides is 1. The number of carboxylic acid groups (broad SMARTS) is 1. The maximum atomic E-state index is 14.8. The van der Waals surface area contributed by atoms with Crippen LogP contribution in [-0.4, -0.2) is 288 Å². The number of carbonyl (C=O) groups is 15. The molecule has 3 fully saturated rings. The van der Waals surface area contributed by atoms with E-state index in [9.17, 15) is 92.3 Å². The molecule has 1 aromatic rings. The number of aliphatic hydroxyl groups excluding tert-OH is 3. The van der Waals surface area contributed by atoms with Gasteiger partial charge in [0.25, 0.3) is 0 Å². The van der Waals surface area contributed by atoms with Gasteiger partial charge in [0.1, 0.15) is 60.2 Å². The van der Waals surface area contributed by atoms with Gasteiger partial charge in [-0.1, -0.05) is 62.6 Å². The number of nitrogens with one attached hydrogen (secondary N) is 8. The van der Waals surface area contributed by atoms with Gasteiger partial charge in [0.15, 0.2) is 29.4 Å². The van der Waals surface area contributed by atoms with Crippen LogP contribution < -0.4 is 83.1 Å². The summed E-state index contributed by atoms with van der Waals surface area (Å²) in [5.74, 6) is -16.3. The lowest BCUT2D eigenvalue weighted by Crippen LogP contribution is -2.59. The molecule has 28 N–H and O–H groups in total. The number of carboxylic acids is 1. The summed E-state index contributed by atoms with van der Waals surface area (Å²) in [6.07, 6.45) is 2.73. The van der Waals surface area contributed by atoms with Gasteiger partial charge in [-0.3, -0.25) is 82.1 Å². The fourth-order valence-electron chi connectivity index (χ4n) is 13.1. The van der Waals surface area contributed by atoms with E-state index in [0.29, 0.717) is 37.1 Å². The van der Waals surface area contributed by atoms with Crippen LogP contribution in [0.5, 0.6) is 0 Å². The van der Waals surface area contributed by atoms with Crippen molar-refractivity contribution in [2.24, 2.45) is 84.0 Å². The zero-order chi connectivity index (χ0) is 85.8. The first-order valence-corrected chi connectivity index (χ1v) is 41.0. The van der Waals surface area contributed by atoms with Crippen LogP contribution in [-0.2, 0) is 78.3 Å². The van der Waals surface area contributed by atoms with Crippen LogP contribution in [0.3, 0.4) is 0 Å². The van der Waals surface area contributed by atoms with Gasteiger partial charge in [-0.25, -0.2) is 9.78 Å². The number of Topliss-reactive ketones (excluding diaryl/α,β-unsaturated/α-hetero) is 3. The number of amides is 11. The Morgan fingerprint density at radius 1 is 0.565 bits per heavy atom. The predicted octanol–water partition coefficient (Wildman–Crippen LogP) is -6.28. The summed E-state index contributed by atoms with van der Waals surface area (Å²) >= 11 is 0. The highest BCUT2D eigenvalue weighted by Gasteiger charge is 2.46. The average molecular weight is 1660 g/mol. The van der Waals surface area contributed by atoms with E-state index in [2.05, 4.69) is 62.2 Å². The quantitative estimate of drug-likeness (QED) is 0.0125. The minimum absolute atomic E-state index is 0.0132. The van der Waals surface area contributed by atoms with E-state index in [1.165, 1.54) is 38.0 Å². The molecule has 11 amide bonds. The number of aliphatic hydroxyl groups is 3. The van der Waals surface area contributed by atoms with Gasteiger partial charge < -0.3 is 123 Å². The third kappa shape index (κ3) is 32.4. The summed E-state index contributed by atoms with van der Waals surface area (Å²) in [6.45, 7) is 5.78. The van der Waals surface area contributed by atoms with Gasteiger partial charge in [-0.15, -0.1) is 0 Å². The van der Waals surface area contributed by atoms with Crippen LogP contribution in [0, 0.1) is 23.2 Å². The van der Waals surface area contributed by atoms with Crippen molar-refractivity contribution in [2.45, 2.75) is 223 Å². The minimum Gasteiger partial charge on any atom is -0.480 e. The lowest BCUT2D eigenvalue weighted by atomic mass is 9.89. The summed E-state index contributed by atoms with van der Waals surface area (Å²) in [7, 11) is 2.43. The molecule has 42 nitrogen and oxygen atoms in total. The lowest BCUT2D eigenvalue weighted by molar-refractivity contribution is -0.148. The summed E-state index contributed by atoms with van der Waals surface area (Å²) in [5.41, 5.74) is 44.4. The van der Waals surface area contributed by atoms with E-state index in [1.54, 1.807) is 34.6 Å². The molecule has 0 aliphatic carbocycles. The van der Waals surface area contributed by atoms with Gasteiger partial charge in [0.05, 0.1) is 44.1 Å². The Morgan fingerprint density at radius 3 is 1.64 bits per heavy atom. The van der Waals surface area contributed by atoms with E-state index in [0.717, 1.165) is 10.8 Å². The predicted molar refractivity (Wildman–Crippen MR) is 425 cm³/mol. The molecular weight excluding hydrogens is 1540 g/mol. The van der Waals surface area contributed by atoms with Gasteiger partial charge >= 0.3 is 5.97 Å². The molecule has 0 saturated carbocycles. The van der Waals surface area contributed by atoms with E-state index in [4.69, 9.17) is 45.9 Å². The zero-order valence-corrected chi connectivity index (χ0v) is 67.6. The molecule has 4 rings (SSSR count). The number of H-pyrrole nitrogens is 1. The van der Waals surface area contributed by atoms with Gasteiger partial charge in [-0.05, 0) is 89.4 Å². The molecule has 3 aliphatic rings. The number of aliphatic imine (C=N–C) groups is 3. The largest absolute Gasteiger partial charge is 0.480 e. The highest BCUT2D eigenvalue weighted by atomic mass is 33.1. The van der Waals surface area contributed by atoms with Crippen LogP contribution in [0.2, 0.25) is 0 Å². The normalized spacial score (nSPS) is 18.2. The van der Waals surface area contributed by atoms with E-state index in [-0.39, 0.29) is 146 Å².